The fourth-order valence-electron chi connectivity index (χ4n) is 0.308. The lowest BCUT2D eigenvalue weighted by atomic mass is 10.3. The van der Waals surface area contributed by atoms with Crippen molar-refractivity contribution in [2.45, 2.75) is 0 Å². The fourth-order valence-corrected chi connectivity index (χ4v) is 0.308. The molecule has 0 unspecified atom stereocenters. The highest BCUT2D eigenvalue weighted by Crippen LogP contribution is 1.80. The maximum atomic E-state index is 10.6. The van der Waals surface area contributed by atoms with Crippen molar-refractivity contribution in [2.75, 3.05) is 14.1 Å². The number of hydrogen-bond acceptors (Lipinski definition) is 2. The Hall–Kier alpha value is -1.12. The molecular formula is C6H9NO2. The van der Waals surface area contributed by atoms with Gasteiger partial charge in [-0.2, -0.15) is 0 Å². The lowest BCUT2D eigenvalue weighted by Gasteiger charge is -2.05. The Morgan fingerprint density at radius 3 is 2.00 bits per heavy atom. The van der Waals surface area contributed by atoms with E-state index in [4.69, 9.17) is 0 Å². The quantitative estimate of drug-likeness (QED) is 0.381. The van der Waals surface area contributed by atoms with Gasteiger partial charge in [0.25, 0.3) is 5.91 Å². The molecule has 0 rings (SSSR count). The maximum absolute atomic E-state index is 10.6. The molecule has 0 atom stereocenters. The van der Waals surface area contributed by atoms with Crippen LogP contribution in [0.1, 0.15) is 0 Å². The monoisotopic (exact) mass is 127 g/mol. The first-order chi connectivity index (χ1) is 4.09. The molecule has 0 fully saturated rings. The van der Waals surface area contributed by atoms with E-state index >= 15 is 0 Å². The fraction of sp³-hybridized carbons (Fsp3) is 0.333. The van der Waals surface area contributed by atoms with E-state index < -0.39 is 11.7 Å². The Morgan fingerprint density at radius 2 is 1.89 bits per heavy atom. The van der Waals surface area contributed by atoms with Gasteiger partial charge in [0, 0.05) is 14.1 Å². The summed E-state index contributed by atoms with van der Waals surface area (Å²) in [4.78, 5) is 22.2. The molecule has 9 heavy (non-hydrogen) atoms. The number of rotatable bonds is 2. The first kappa shape index (κ1) is 7.88. The van der Waals surface area contributed by atoms with Gasteiger partial charge in [-0.15, -0.1) is 0 Å². The minimum Gasteiger partial charge on any atom is -0.342 e. The Labute approximate surface area is 54.0 Å². The molecule has 0 N–H and O–H groups in total. The zero-order valence-electron chi connectivity index (χ0n) is 5.55. The van der Waals surface area contributed by atoms with Gasteiger partial charge < -0.3 is 4.90 Å². The van der Waals surface area contributed by atoms with Crippen molar-refractivity contribution in [1.82, 2.24) is 4.90 Å². The minimum absolute atomic E-state index is 0.537. The second kappa shape index (κ2) is 3.02. The topological polar surface area (TPSA) is 37.4 Å². The standard InChI is InChI=1S/C6H9NO2/c1-4-5(8)6(9)7(2)3/h4H,1H2,2-3H3. The molecular weight excluding hydrogens is 118 g/mol. The highest BCUT2D eigenvalue weighted by atomic mass is 16.2. The van der Waals surface area contributed by atoms with Crippen LogP contribution in [0.4, 0.5) is 0 Å². The molecule has 0 saturated heterocycles. The molecule has 50 valence electrons. The number of hydrogen-bond donors (Lipinski definition) is 0. The van der Waals surface area contributed by atoms with Crippen LogP contribution >= 0.6 is 0 Å². The van der Waals surface area contributed by atoms with Gasteiger partial charge in [-0.1, -0.05) is 6.58 Å². The van der Waals surface area contributed by atoms with Crippen LogP contribution < -0.4 is 0 Å². The van der Waals surface area contributed by atoms with Gasteiger partial charge in [0.1, 0.15) is 0 Å². The van der Waals surface area contributed by atoms with Gasteiger partial charge in [-0.05, 0) is 6.08 Å². The van der Waals surface area contributed by atoms with E-state index in [2.05, 4.69) is 6.58 Å². The molecule has 0 aromatic heterocycles. The summed E-state index contributed by atoms with van der Waals surface area (Å²) in [5.74, 6) is -1.11. The average molecular weight is 127 g/mol. The van der Waals surface area contributed by atoms with Gasteiger partial charge in [0.05, 0.1) is 0 Å². The van der Waals surface area contributed by atoms with Crippen molar-refractivity contribution in [3.63, 3.8) is 0 Å². The smallest absolute Gasteiger partial charge is 0.293 e. The maximum Gasteiger partial charge on any atom is 0.293 e. The van der Waals surface area contributed by atoms with Crippen molar-refractivity contribution >= 4 is 11.7 Å². The van der Waals surface area contributed by atoms with Gasteiger partial charge in [-0.3, -0.25) is 9.59 Å². The molecule has 0 aliphatic heterocycles. The van der Waals surface area contributed by atoms with E-state index in [1.54, 1.807) is 0 Å². The molecule has 3 nitrogen and oxygen atoms in total. The molecule has 0 aromatic carbocycles. The van der Waals surface area contributed by atoms with Crippen LogP contribution in [0.15, 0.2) is 12.7 Å². The zero-order valence-corrected chi connectivity index (χ0v) is 5.55. The summed E-state index contributed by atoms with van der Waals surface area (Å²) in [6.45, 7) is 3.17. The summed E-state index contributed by atoms with van der Waals surface area (Å²) in [7, 11) is 3.04. The van der Waals surface area contributed by atoms with Crippen LogP contribution in [0.3, 0.4) is 0 Å². The van der Waals surface area contributed by atoms with E-state index in [0.29, 0.717) is 0 Å². The van der Waals surface area contributed by atoms with Crippen LogP contribution in [-0.2, 0) is 9.59 Å². The summed E-state index contributed by atoms with van der Waals surface area (Å²) < 4.78 is 0. The van der Waals surface area contributed by atoms with E-state index in [1.807, 2.05) is 0 Å². The van der Waals surface area contributed by atoms with E-state index in [0.717, 1.165) is 6.08 Å². The van der Waals surface area contributed by atoms with Crippen molar-refractivity contribution < 1.29 is 9.59 Å². The molecule has 0 aliphatic carbocycles. The second-order valence-corrected chi connectivity index (χ2v) is 1.77. The summed E-state index contributed by atoms with van der Waals surface area (Å²) in [6.07, 6.45) is 1.00. The first-order valence-corrected chi connectivity index (χ1v) is 2.47. The van der Waals surface area contributed by atoms with Crippen molar-refractivity contribution in [3.05, 3.63) is 12.7 Å². The first-order valence-electron chi connectivity index (χ1n) is 2.47. The van der Waals surface area contributed by atoms with Crippen molar-refractivity contribution in [1.29, 1.82) is 0 Å². The average Bonchev–Trinajstić information content (AvgIpc) is 1.84. The molecule has 0 saturated carbocycles. The lowest BCUT2D eigenvalue weighted by molar-refractivity contribution is -0.140. The van der Waals surface area contributed by atoms with Crippen molar-refractivity contribution in [2.24, 2.45) is 0 Å². The largest absolute Gasteiger partial charge is 0.342 e. The summed E-state index contributed by atoms with van der Waals surface area (Å²) in [6, 6.07) is 0. The summed E-state index contributed by atoms with van der Waals surface area (Å²) in [5, 5.41) is 0. The van der Waals surface area contributed by atoms with Crippen LogP contribution in [0.25, 0.3) is 0 Å². The van der Waals surface area contributed by atoms with Gasteiger partial charge in [-0.25, -0.2) is 0 Å². The number of likely N-dealkylation sites (N-methyl/N-ethyl adjacent to an activating group) is 1. The number of carbonyl (C=O) groups is 2. The summed E-state index contributed by atoms with van der Waals surface area (Å²) in [5.41, 5.74) is 0. The Balaban J connectivity index is 4.04. The molecule has 0 radical (unpaired) electrons. The van der Waals surface area contributed by atoms with E-state index in [1.165, 1.54) is 19.0 Å². The van der Waals surface area contributed by atoms with Crippen LogP contribution in [0, 0.1) is 0 Å². The van der Waals surface area contributed by atoms with E-state index in [-0.39, 0.29) is 0 Å². The highest BCUT2D eigenvalue weighted by Gasteiger charge is 2.09. The van der Waals surface area contributed by atoms with Gasteiger partial charge >= 0.3 is 0 Å². The van der Waals surface area contributed by atoms with Crippen molar-refractivity contribution in [3.8, 4) is 0 Å². The SMILES string of the molecule is C=CC(=O)C(=O)N(C)C. The number of carbonyl (C=O) groups excluding carboxylic acids is 2. The zero-order chi connectivity index (χ0) is 7.44. The number of amides is 1. The predicted molar refractivity (Wildman–Crippen MR) is 33.9 cm³/mol. The summed E-state index contributed by atoms with van der Waals surface area (Å²) >= 11 is 0. The second-order valence-electron chi connectivity index (χ2n) is 1.77. The molecule has 3 heteroatoms. The van der Waals surface area contributed by atoms with Gasteiger partial charge in [0.2, 0.25) is 5.78 Å². The molecule has 0 heterocycles. The number of ketones is 1. The number of nitrogens with zero attached hydrogens (tertiary/aromatic N) is 1. The predicted octanol–water partition coefficient (Wildman–Crippen LogP) is -0.170. The third-order valence-electron chi connectivity index (χ3n) is 0.802. The Morgan fingerprint density at radius 1 is 1.44 bits per heavy atom. The normalized spacial score (nSPS) is 8.22. The molecule has 0 aliphatic rings. The highest BCUT2D eigenvalue weighted by molar-refractivity contribution is 6.40. The Kier molecular flexibility index (Phi) is 2.64. The molecule has 0 spiro atoms. The third kappa shape index (κ3) is 2.08. The Bertz CT molecular complexity index is 149. The molecule has 1 amide bonds. The van der Waals surface area contributed by atoms with E-state index in [9.17, 15) is 9.59 Å². The van der Waals surface area contributed by atoms with Crippen LogP contribution in [0.2, 0.25) is 0 Å². The van der Waals surface area contributed by atoms with Crippen LogP contribution in [-0.4, -0.2) is 30.7 Å². The lowest BCUT2D eigenvalue weighted by Crippen LogP contribution is -2.28. The molecule has 0 aromatic rings. The van der Waals surface area contributed by atoms with Crippen LogP contribution in [0.5, 0.6) is 0 Å². The molecule has 0 bridgehead atoms. The minimum atomic E-state index is -0.569. The van der Waals surface area contributed by atoms with Gasteiger partial charge in [0.15, 0.2) is 0 Å². The third-order valence-corrected chi connectivity index (χ3v) is 0.802.